The topological polar surface area (TPSA) is 93.8 Å². The highest BCUT2D eigenvalue weighted by Gasteiger charge is 2.14. The summed E-state index contributed by atoms with van der Waals surface area (Å²) in [7, 11) is 0. The smallest absolute Gasteiger partial charge is 0.310 e. The van der Waals surface area contributed by atoms with Gasteiger partial charge in [0.2, 0.25) is 0 Å². The molecule has 0 aliphatic heterocycles. The second-order valence-electron chi connectivity index (χ2n) is 5.33. The summed E-state index contributed by atoms with van der Waals surface area (Å²) in [6.45, 7) is 3.57. The molecule has 130 valence electrons. The van der Waals surface area contributed by atoms with E-state index >= 15 is 0 Å². The van der Waals surface area contributed by atoms with Crippen LogP contribution in [0, 0.1) is 17.0 Å². The molecule has 0 radical (unpaired) electrons. The highest BCUT2D eigenvalue weighted by atomic mass is 16.6. The van der Waals surface area contributed by atoms with Gasteiger partial charge in [-0.3, -0.25) is 14.9 Å². The summed E-state index contributed by atoms with van der Waals surface area (Å²) in [4.78, 5) is 22.2. The fraction of sp³-hybridized carbons (Fsp3) is 0.222. The number of hydrogen-bond acceptors (Lipinski definition) is 5. The van der Waals surface area contributed by atoms with Crippen LogP contribution in [0.4, 0.5) is 5.69 Å². The number of amides is 1. The molecule has 0 saturated carbocycles. The van der Waals surface area contributed by atoms with Crippen LogP contribution in [0.15, 0.2) is 53.6 Å². The van der Waals surface area contributed by atoms with E-state index in [9.17, 15) is 14.9 Å². The van der Waals surface area contributed by atoms with Gasteiger partial charge in [0.1, 0.15) is 0 Å². The van der Waals surface area contributed by atoms with Gasteiger partial charge in [-0.15, -0.1) is 0 Å². The van der Waals surface area contributed by atoms with E-state index in [1.54, 1.807) is 6.07 Å². The van der Waals surface area contributed by atoms with Gasteiger partial charge in [-0.25, -0.2) is 5.43 Å². The number of ether oxygens (including phenoxy) is 1. The molecule has 0 atom stereocenters. The van der Waals surface area contributed by atoms with E-state index in [2.05, 4.69) is 10.5 Å². The van der Waals surface area contributed by atoms with E-state index in [0.29, 0.717) is 6.42 Å². The van der Waals surface area contributed by atoms with Crippen molar-refractivity contribution in [2.45, 2.75) is 20.3 Å². The zero-order valence-corrected chi connectivity index (χ0v) is 14.1. The average molecular weight is 341 g/mol. The molecule has 0 heterocycles. The Bertz CT molecular complexity index is 785. The van der Waals surface area contributed by atoms with Gasteiger partial charge < -0.3 is 4.74 Å². The summed E-state index contributed by atoms with van der Waals surface area (Å²) in [5.41, 5.74) is 5.03. The van der Waals surface area contributed by atoms with Crippen LogP contribution in [0.5, 0.6) is 5.75 Å². The Morgan fingerprint density at radius 1 is 1.20 bits per heavy atom. The molecule has 2 rings (SSSR count). The summed E-state index contributed by atoms with van der Waals surface area (Å²) < 4.78 is 5.22. The van der Waals surface area contributed by atoms with Crippen LogP contribution in [0.3, 0.4) is 0 Å². The highest BCUT2D eigenvalue weighted by molar-refractivity contribution is 6.00. The van der Waals surface area contributed by atoms with Gasteiger partial charge in [-0.1, -0.05) is 48.9 Å². The van der Waals surface area contributed by atoms with E-state index < -0.39 is 10.8 Å². The monoisotopic (exact) mass is 341 g/mol. The molecule has 0 saturated heterocycles. The lowest BCUT2D eigenvalue weighted by Gasteiger charge is -2.07. The van der Waals surface area contributed by atoms with Gasteiger partial charge in [0, 0.05) is 6.07 Å². The number of carbonyl (C=O) groups is 1. The minimum absolute atomic E-state index is 0.0425. The van der Waals surface area contributed by atoms with Crippen LogP contribution in [-0.2, 0) is 4.79 Å². The first-order valence-corrected chi connectivity index (χ1v) is 7.80. The number of para-hydroxylation sites is 2. The predicted molar refractivity (Wildman–Crippen MR) is 94.7 cm³/mol. The molecule has 0 aliphatic carbocycles. The van der Waals surface area contributed by atoms with Crippen molar-refractivity contribution >= 4 is 17.3 Å². The van der Waals surface area contributed by atoms with E-state index in [1.807, 2.05) is 38.1 Å². The maximum absolute atomic E-state index is 11.9. The van der Waals surface area contributed by atoms with Crippen LogP contribution in [0.1, 0.15) is 24.5 Å². The summed E-state index contributed by atoms with van der Waals surface area (Å²) >= 11 is 0. The van der Waals surface area contributed by atoms with Crippen LogP contribution in [0.2, 0.25) is 0 Å². The van der Waals surface area contributed by atoms with E-state index in [0.717, 1.165) is 16.8 Å². The van der Waals surface area contributed by atoms with Crippen molar-refractivity contribution in [2.75, 3.05) is 6.61 Å². The number of hydrazone groups is 1. The Labute approximate surface area is 145 Å². The van der Waals surface area contributed by atoms with Crippen molar-refractivity contribution in [1.82, 2.24) is 5.43 Å². The second kappa shape index (κ2) is 8.58. The zero-order valence-electron chi connectivity index (χ0n) is 14.1. The van der Waals surface area contributed by atoms with Gasteiger partial charge in [0.05, 0.1) is 10.6 Å². The molecule has 0 aliphatic rings. The Morgan fingerprint density at radius 3 is 2.52 bits per heavy atom. The summed E-state index contributed by atoms with van der Waals surface area (Å²) in [5, 5.41) is 15.0. The first-order valence-electron chi connectivity index (χ1n) is 7.80. The quantitative estimate of drug-likeness (QED) is 0.475. The third-order valence-corrected chi connectivity index (χ3v) is 3.46. The Morgan fingerprint density at radius 2 is 1.88 bits per heavy atom. The largest absolute Gasteiger partial charge is 0.477 e. The van der Waals surface area contributed by atoms with Crippen LogP contribution < -0.4 is 10.2 Å². The van der Waals surface area contributed by atoms with Crippen molar-refractivity contribution in [3.63, 3.8) is 0 Å². The standard InChI is InChI=1S/C18H19N3O4/c1-3-15(14-10-8-13(2)9-11-14)19-20-18(22)12-25-17-7-5-4-6-16(17)21(23)24/h4-11H,3,12H2,1-2H3,(H,20,22)/b19-15-. The molecular weight excluding hydrogens is 322 g/mol. The van der Waals surface area contributed by atoms with Gasteiger partial charge in [0.25, 0.3) is 5.91 Å². The van der Waals surface area contributed by atoms with Crippen molar-refractivity contribution in [3.05, 3.63) is 69.8 Å². The lowest BCUT2D eigenvalue weighted by Crippen LogP contribution is -2.26. The molecule has 1 amide bonds. The second-order valence-corrected chi connectivity index (χ2v) is 5.33. The third-order valence-electron chi connectivity index (χ3n) is 3.46. The molecule has 0 spiro atoms. The summed E-state index contributed by atoms with van der Waals surface area (Å²) in [5.74, 6) is -0.447. The maximum atomic E-state index is 11.9. The first-order chi connectivity index (χ1) is 12.0. The summed E-state index contributed by atoms with van der Waals surface area (Å²) in [6, 6.07) is 13.7. The molecule has 2 aromatic rings. The molecule has 7 nitrogen and oxygen atoms in total. The molecule has 0 aromatic heterocycles. The Hall–Kier alpha value is -3.22. The number of carbonyl (C=O) groups excluding carboxylic acids is 1. The van der Waals surface area contributed by atoms with Crippen LogP contribution in [0.25, 0.3) is 0 Å². The lowest BCUT2D eigenvalue weighted by molar-refractivity contribution is -0.385. The minimum Gasteiger partial charge on any atom is -0.477 e. The van der Waals surface area contributed by atoms with Crippen LogP contribution >= 0.6 is 0 Å². The maximum Gasteiger partial charge on any atom is 0.310 e. The van der Waals surface area contributed by atoms with E-state index in [4.69, 9.17) is 4.74 Å². The van der Waals surface area contributed by atoms with Gasteiger partial charge in [-0.05, 0) is 25.0 Å². The number of hydrogen-bond donors (Lipinski definition) is 1. The van der Waals surface area contributed by atoms with E-state index in [1.165, 1.54) is 18.2 Å². The van der Waals surface area contributed by atoms with Gasteiger partial charge in [-0.2, -0.15) is 5.10 Å². The molecule has 1 N–H and O–H groups in total. The predicted octanol–water partition coefficient (Wildman–Crippen LogP) is 3.21. The number of rotatable bonds is 7. The molecule has 7 heteroatoms. The fourth-order valence-electron chi connectivity index (χ4n) is 2.13. The van der Waals surface area contributed by atoms with Crippen molar-refractivity contribution < 1.29 is 14.5 Å². The number of nitro groups is 1. The normalized spacial score (nSPS) is 11.0. The third kappa shape index (κ3) is 5.13. The number of benzene rings is 2. The number of nitro benzene ring substituents is 1. The lowest BCUT2D eigenvalue weighted by atomic mass is 10.1. The minimum atomic E-state index is -0.558. The van der Waals surface area contributed by atoms with Crippen molar-refractivity contribution in [2.24, 2.45) is 5.10 Å². The van der Waals surface area contributed by atoms with Crippen molar-refractivity contribution in [3.8, 4) is 5.75 Å². The number of aryl methyl sites for hydroxylation is 1. The zero-order chi connectivity index (χ0) is 18.2. The van der Waals surface area contributed by atoms with Gasteiger partial charge in [0.15, 0.2) is 12.4 Å². The number of nitrogens with zero attached hydrogens (tertiary/aromatic N) is 2. The molecule has 0 unspecified atom stereocenters. The average Bonchev–Trinajstić information content (AvgIpc) is 2.62. The Kier molecular flexibility index (Phi) is 6.22. The first kappa shape index (κ1) is 18.1. The molecule has 2 aromatic carbocycles. The highest BCUT2D eigenvalue weighted by Crippen LogP contribution is 2.25. The van der Waals surface area contributed by atoms with E-state index in [-0.39, 0.29) is 18.0 Å². The molecule has 25 heavy (non-hydrogen) atoms. The fourth-order valence-corrected chi connectivity index (χ4v) is 2.13. The molecule has 0 bridgehead atoms. The SMILES string of the molecule is CC/C(=N/NC(=O)COc1ccccc1[N+](=O)[O-])c1ccc(C)cc1. The van der Waals surface area contributed by atoms with Gasteiger partial charge >= 0.3 is 5.69 Å². The Balaban J connectivity index is 1.98. The molecular formula is C18H19N3O4. The van der Waals surface area contributed by atoms with Crippen LogP contribution in [-0.4, -0.2) is 23.1 Å². The van der Waals surface area contributed by atoms with Crippen molar-refractivity contribution in [1.29, 1.82) is 0 Å². The summed E-state index contributed by atoms with van der Waals surface area (Å²) in [6.07, 6.45) is 0.647. The molecule has 0 fully saturated rings. The number of nitrogens with one attached hydrogen (secondary N) is 1.